The Bertz CT molecular complexity index is 615. The Hall–Kier alpha value is -2.06. The van der Waals surface area contributed by atoms with Gasteiger partial charge in [0.15, 0.2) is 0 Å². The zero-order chi connectivity index (χ0) is 13.8. The van der Waals surface area contributed by atoms with Gasteiger partial charge in [-0.05, 0) is 19.1 Å². The minimum atomic E-state index is 0.644. The van der Waals surface area contributed by atoms with Gasteiger partial charge < -0.3 is 9.64 Å². The number of thiazole rings is 1. The first kappa shape index (κ1) is 13.4. The SMILES string of the molecule is COc1ccc(C#N)c(N(C)Cc2scnc2C)c1. The van der Waals surface area contributed by atoms with Crippen molar-refractivity contribution < 1.29 is 4.74 Å². The van der Waals surface area contributed by atoms with Gasteiger partial charge in [-0.1, -0.05) is 0 Å². The summed E-state index contributed by atoms with van der Waals surface area (Å²) in [5.74, 6) is 0.752. The maximum absolute atomic E-state index is 9.18. The van der Waals surface area contributed by atoms with E-state index in [1.165, 1.54) is 4.88 Å². The Morgan fingerprint density at radius 2 is 2.26 bits per heavy atom. The lowest BCUT2D eigenvalue weighted by atomic mass is 10.1. The molecular formula is C14H15N3OS. The van der Waals surface area contributed by atoms with Crippen molar-refractivity contribution in [3.63, 3.8) is 0 Å². The topological polar surface area (TPSA) is 49.1 Å². The molecule has 0 bridgehead atoms. The zero-order valence-corrected chi connectivity index (χ0v) is 12.0. The summed E-state index contributed by atoms with van der Waals surface area (Å²) in [6.45, 7) is 2.73. The Morgan fingerprint density at radius 3 is 2.84 bits per heavy atom. The van der Waals surface area contributed by atoms with Gasteiger partial charge in [0, 0.05) is 18.0 Å². The number of hydrogen-bond acceptors (Lipinski definition) is 5. The summed E-state index contributed by atoms with van der Waals surface area (Å²) in [5, 5.41) is 9.18. The van der Waals surface area contributed by atoms with Gasteiger partial charge >= 0.3 is 0 Å². The van der Waals surface area contributed by atoms with Crippen LogP contribution >= 0.6 is 11.3 Å². The summed E-state index contributed by atoms with van der Waals surface area (Å²) in [5.41, 5.74) is 4.40. The fourth-order valence-corrected chi connectivity index (χ4v) is 2.66. The molecule has 0 radical (unpaired) electrons. The fourth-order valence-electron chi connectivity index (χ4n) is 1.83. The third-order valence-corrected chi connectivity index (χ3v) is 3.88. The number of benzene rings is 1. The number of ether oxygens (including phenoxy) is 1. The van der Waals surface area contributed by atoms with E-state index in [9.17, 15) is 5.26 Å². The van der Waals surface area contributed by atoms with Crippen LogP contribution in [0.5, 0.6) is 5.75 Å². The number of anilines is 1. The number of nitrogens with zero attached hydrogens (tertiary/aromatic N) is 3. The molecule has 0 aliphatic heterocycles. The highest BCUT2D eigenvalue weighted by atomic mass is 32.1. The van der Waals surface area contributed by atoms with E-state index >= 15 is 0 Å². The van der Waals surface area contributed by atoms with Crippen LogP contribution < -0.4 is 9.64 Å². The molecule has 5 heteroatoms. The minimum Gasteiger partial charge on any atom is -0.497 e. The van der Waals surface area contributed by atoms with Gasteiger partial charge in [0.1, 0.15) is 11.8 Å². The summed E-state index contributed by atoms with van der Waals surface area (Å²) in [7, 11) is 3.59. The number of nitriles is 1. The van der Waals surface area contributed by atoms with Crippen molar-refractivity contribution in [2.75, 3.05) is 19.1 Å². The smallest absolute Gasteiger partial charge is 0.121 e. The molecule has 2 rings (SSSR count). The first-order valence-electron chi connectivity index (χ1n) is 5.84. The molecule has 0 saturated carbocycles. The maximum Gasteiger partial charge on any atom is 0.121 e. The van der Waals surface area contributed by atoms with E-state index in [4.69, 9.17) is 4.74 Å². The molecule has 0 aliphatic rings. The second-order valence-corrected chi connectivity index (χ2v) is 5.15. The zero-order valence-electron chi connectivity index (χ0n) is 11.2. The van der Waals surface area contributed by atoms with Gasteiger partial charge in [-0.3, -0.25) is 0 Å². The predicted molar refractivity (Wildman–Crippen MR) is 76.7 cm³/mol. The first-order valence-corrected chi connectivity index (χ1v) is 6.72. The third kappa shape index (κ3) is 2.85. The summed E-state index contributed by atoms with van der Waals surface area (Å²) in [6, 6.07) is 7.68. The average molecular weight is 273 g/mol. The van der Waals surface area contributed by atoms with Gasteiger partial charge in [0.05, 0.1) is 36.1 Å². The van der Waals surface area contributed by atoms with Gasteiger partial charge in [-0.15, -0.1) is 11.3 Å². The number of rotatable bonds is 4. The Balaban J connectivity index is 2.30. The van der Waals surface area contributed by atoms with Crippen molar-refractivity contribution in [1.82, 2.24) is 4.98 Å². The van der Waals surface area contributed by atoms with Gasteiger partial charge in [0.25, 0.3) is 0 Å². The minimum absolute atomic E-state index is 0.644. The molecule has 2 aromatic rings. The van der Waals surface area contributed by atoms with E-state index in [0.717, 1.165) is 23.7 Å². The quantitative estimate of drug-likeness (QED) is 0.859. The van der Waals surface area contributed by atoms with Crippen LogP contribution in [0.2, 0.25) is 0 Å². The molecule has 0 N–H and O–H groups in total. The van der Waals surface area contributed by atoms with Crippen molar-refractivity contribution in [1.29, 1.82) is 5.26 Å². The van der Waals surface area contributed by atoms with Crippen LogP contribution in [0.1, 0.15) is 16.1 Å². The van der Waals surface area contributed by atoms with E-state index in [-0.39, 0.29) is 0 Å². The lowest BCUT2D eigenvalue weighted by molar-refractivity contribution is 0.415. The summed E-state index contributed by atoms with van der Waals surface area (Å²) in [4.78, 5) is 7.49. The summed E-state index contributed by atoms with van der Waals surface area (Å²) < 4.78 is 5.22. The monoisotopic (exact) mass is 273 g/mol. The lowest BCUT2D eigenvalue weighted by Crippen LogP contribution is -2.17. The van der Waals surface area contributed by atoms with Crippen LogP contribution in [0.3, 0.4) is 0 Å². The molecule has 4 nitrogen and oxygen atoms in total. The molecule has 0 atom stereocenters. The second kappa shape index (κ2) is 5.72. The van der Waals surface area contributed by atoms with Gasteiger partial charge in [-0.2, -0.15) is 5.26 Å². The number of methoxy groups -OCH3 is 1. The highest BCUT2D eigenvalue weighted by Gasteiger charge is 2.11. The highest BCUT2D eigenvalue weighted by Crippen LogP contribution is 2.27. The molecule has 0 unspecified atom stereocenters. The van der Waals surface area contributed by atoms with Gasteiger partial charge in [0.2, 0.25) is 0 Å². The molecule has 98 valence electrons. The van der Waals surface area contributed by atoms with Crippen molar-refractivity contribution in [3.05, 3.63) is 39.8 Å². The van der Waals surface area contributed by atoms with E-state index in [1.54, 1.807) is 30.6 Å². The molecule has 0 aliphatic carbocycles. The molecule has 19 heavy (non-hydrogen) atoms. The molecular weight excluding hydrogens is 258 g/mol. The van der Waals surface area contributed by atoms with Crippen molar-refractivity contribution in [3.8, 4) is 11.8 Å². The van der Waals surface area contributed by atoms with Crippen LogP contribution in [0.25, 0.3) is 0 Å². The Morgan fingerprint density at radius 1 is 1.47 bits per heavy atom. The average Bonchev–Trinajstić information content (AvgIpc) is 2.83. The number of hydrogen-bond donors (Lipinski definition) is 0. The van der Waals surface area contributed by atoms with Gasteiger partial charge in [-0.25, -0.2) is 4.98 Å². The summed E-state index contributed by atoms with van der Waals surface area (Å²) in [6.07, 6.45) is 0. The van der Waals surface area contributed by atoms with Crippen LogP contribution in [0.15, 0.2) is 23.7 Å². The number of aromatic nitrogens is 1. The molecule has 1 aromatic heterocycles. The second-order valence-electron chi connectivity index (χ2n) is 4.21. The van der Waals surface area contributed by atoms with Crippen LogP contribution in [-0.2, 0) is 6.54 Å². The van der Waals surface area contributed by atoms with E-state index in [2.05, 4.69) is 11.1 Å². The Labute approximate surface area is 116 Å². The van der Waals surface area contributed by atoms with Crippen LogP contribution in [0.4, 0.5) is 5.69 Å². The molecule has 0 amide bonds. The van der Waals surface area contributed by atoms with Crippen LogP contribution in [-0.4, -0.2) is 19.1 Å². The first-order chi connectivity index (χ1) is 9.15. The normalized spacial score (nSPS) is 10.0. The van der Waals surface area contributed by atoms with E-state index in [0.29, 0.717) is 5.56 Å². The molecule has 1 aromatic carbocycles. The number of aryl methyl sites for hydroxylation is 1. The van der Waals surface area contributed by atoms with E-state index in [1.807, 2.05) is 30.4 Å². The maximum atomic E-state index is 9.18. The predicted octanol–water partition coefficient (Wildman–Crippen LogP) is 2.97. The largest absolute Gasteiger partial charge is 0.497 e. The third-order valence-electron chi connectivity index (χ3n) is 2.96. The fraction of sp³-hybridized carbons (Fsp3) is 0.286. The molecule has 0 spiro atoms. The molecule has 0 fully saturated rings. The van der Waals surface area contributed by atoms with Crippen molar-refractivity contribution >= 4 is 17.0 Å². The van der Waals surface area contributed by atoms with E-state index < -0.39 is 0 Å². The standard InChI is InChI=1S/C14H15N3OS/c1-10-14(19-9-16-10)8-17(2)13-6-12(18-3)5-4-11(13)7-15/h4-6,9H,8H2,1-3H3. The van der Waals surface area contributed by atoms with Crippen LogP contribution in [0, 0.1) is 18.3 Å². The molecule has 0 saturated heterocycles. The van der Waals surface area contributed by atoms with Crippen molar-refractivity contribution in [2.45, 2.75) is 13.5 Å². The summed E-state index contributed by atoms with van der Waals surface area (Å²) >= 11 is 1.63. The molecule has 1 heterocycles. The Kier molecular flexibility index (Phi) is 4.03. The van der Waals surface area contributed by atoms with Crippen molar-refractivity contribution in [2.24, 2.45) is 0 Å². The highest BCUT2D eigenvalue weighted by molar-refractivity contribution is 7.09. The lowest BCUT2D eigenvalue weighted by Gasteiger charge is -2.20.